The van der Waals surface area contributed by atoms with Crippen molar-refractivity contribution < 1.29 is 9.59 Å². The second kappa shape index (κ2) is 8.49. The van der Waals surface area contributed by atoms with E-state index in [2.05, 4.69) is 33.4 Å². The molecular formula is C21H23BrN2O2. The first-order valence-corrected chi connectivity index (χ1v) is 9.75. The van der Waals surface area contributed by atoms with Gasteiger partial charge in [-0.15, -0.1) is 0 Å². The van der Waals surface area contributed by atoms with Crippen LogP contribution in [0.25, 0.3) is 0 Å². The van der Waals surface area contributed by atoms with Crippen LogP contribution >= 0.6 is 15.9 Å². The molecule has 26 heavy (non-hydrogen) atoms. The number of aryl methyl sites for hydroxylation is 1. The number of nitrogens with one attached hydrogen (secondary N) is 1. The van der Waals surface area contributed by atoms with Crippen LogP contribution in [-0.2, 0) is 16.0 Å². The molecule has 1 saturated heterocycles. The number of halogens is 1. The predicted molar refractivity (Wildman–Crippen MR) is 107 cm³/mol. The maximum Gasteiger partial charge on any atom is 0.239 e. The number of carbonyl (C=O) groups excluding carboxylic acids is 2. The minimum absolute atomic E-state index is 0.0374. The summed E-state index contributed by atoms with van der Waals surface area (Å²) in [5, 5.41) is 3.01. The number of carbonyl (C=O) groups is 2. The zero-order chi connectivity index (χ0) is 18.5. The molecule has 1 heterocycles. The Labute approximate surface area is 162 Å². The lowest BCUT2D eigenvalue weighted by atomic mass is 10.0. The summed E-state index contributed by atoms with van der Waals surface area (Å²) < 4.78 is 0.922. The Morgan fingerprint density at radius 2 is 2.00 bits per heavy atom. The Morgan fingerprint density at radius 1 is 1.23 bits per heavy atom. The van der Waals surface area contributed by atoms with E-state index in [0.717, 1.165) is 23.0 Å². The molecule has 1 fully saturated rings. The molecule has 3 rings (SSSR count). The molecule has 0 aliphatic carbocycles. The van der Waals surface area contributed by atoms with E-state index in [-0.39, 0.29) is 17.9 Å². The molecular weight excluding hydrogens is 392 g/mol. The largest absolute Gasteiger partial charge is 0.353 e. The maximum absolute atomic E-state index is 12.7. The number of benzene rings is 2. The Kier molecular flexibility index (Phi) is 6.09. The van der Waals surface area contributed by atoms with Gasteiger partial charge in [0.2, 0.25) is 11.8 Å². The van der Waals surface area contributed by atoms with Crippen molar-refractivity contribution in [1.82, 2.24) is 5.32 Å². The first-order chi connectivity index (χ1) is 12.5. The van der Waals surface area contributed by atoms with Crippen LogP contribution in [0.2, 0.25) is 0 Å². The second-order valence-corrected chi connectivity index (χ2v) is 7.66. The van der Waals surface area contributed by atoms with Crippen LogP contribution in [-0.4, -0.2) is 24.4 Å². The standard InChI is InChI=1S/C21H23BrN2O2/c1-15(10-11-16-6-3-2-4-7-16)23-20(25)19-12-13-24(21(19)26)18-9-5-8-17(22)14-18/h2-9,14-15,19H,10-13H2,1H3,(H,23,25). The molecule has 136 valence electrons. The average molecular weight is 415 g/mol. The van der Waals surface area contributed by atoms with Gasteiger partial charge in [0.15, 0.2) is 0 Å². The quantitative estimate of drug-likeness (QED) is 0.727. The molecule has 2 aromatic carbocycles. The van der Waals surface area contributed by atoms with Crippen molar-refractivity contribution in [2.75, 3.05) is 11.4 Å². The van der Waals surface area contributed by atoms with Crippen LogP contribution in [0.15, 0.2) is 59.1 Å². The van der Waals surface area contributed by atoms with Gasteiger partial charge in [-0.2, -0.15) is 0 Å². The number of hydrogen-bond acceptors (Lipinski definition) is 2. The first kappa shape index (κ1) is 18.6. The van der Waals surface area contributed by atoms with E-state index in [4.69, 9.17) is 0 Å². The van der Waals surface area contributed by atoms with E-state index < -0.39 is 5.92 Å². The van der Waals surface area contributed by atoms with Crippen molar-refractivity contribution in [2.45, 2.75) is 32.2 Å². The van der Waals surface area contributed by atoms with Gasteiger partial charge in [0, 0.05) is 22.7 Å². The van der Waals surface area contributed by atoms with Gasteiger partial charge in [-0.05, 0) is 49.9 Å². The van der Waals surface area contributed by atoms with Crippen molar-refractivity contribution in [3.05, 3.63) is 64.6 Å². The van der Waals surface area contributed by atoms with Gasteiger partial charge in [0.05, 0.1) is 0 Å². The van der Waals surface area contributed by atoms with E-state index in [9.17, 15) is 9.59 Å². The molecule has 1 aliphatic rings. The van der Waals surface area contributed by atoms with Crippen molar-refractivity contribution in [3.8, 4) is 0 Å². The van der Waals surface area contributed by atoms with E-state index in [0.29, 0.717) is 13.0 Å². The molecule has 2 atom stereocenters. The molecule has 5 heteroatoms. The minimum atomic E-state index is -0.590. The van der Waals surface area contributed by atoms with E-state index in [1.54, 1.807) is 4.90 Å². The average Bonchev–Trinajstić information content (AvgIpc) is 3.02. The molecule has 1 N–H and O–H groups in total. The summed E-state index contributed by atoms with van der Waals surface area (Å²) in [4.78, 5) is 26.9. The van der Waals surface area contributed by atoms with Gasteiger partial charge in [-0.25, -0.2) is 0 Å². The summed E-state index contributed by atoms with van der Waals surface area (Å²) >= 11 is 3.43. The number of hydrogen-bond donors (Lipinski definition) is 1. The maximum atomic E-state index is 12.7. The third-order valence-corrected chi connectivity index (χ3v) is 5.23. The van der Waals surface area contributed by atoms with E-state index in [1.165, 1.54) is 5.56 Å². The Morgan fingerprint density at radius 3 is 2.73 bits per heavy atom. The summed E-state index contributed by atoms with van der Waals surface area (Å²) in [7, 11) is 0. The van der Waals surface area contributed by atoms with Crippen molar-refractivity contribution in [1.29, 1.82) is 0 Å². The molecule has 1 aliphatic heterocycles. The molecule has 0 radical (unpaired) electrons. The fraction of sp³-hybridized carbons (Fsp3) is 0.333. The molecule has 0 bridgehead atoms. The van der Waals surface area contributed by atoms with Crippen LogP contribution in [0.1, 0.15) is 25.3 Å². The molecule has 4 nitrogen and oxygen atoms in total. The highest BCUT2D eigenvalue weighted by atomic mass is 79.9. The fourth-order valence-electron chi connectivity index (χ4n) is 3.27. The smallest absolute Gasteiger partial charge is 0.239 e. The van der Waals surface area contributed by atoms with Gasteiger partial charge in [0.1, 0.15) is 5.92 Å². The Bertz CT molecular complexity index is 779. The van der Waals surface area contributed by atoms with Crippen LogP contribution < -0.4 is 10.2 Å². The third kappa shape index (κ3) is 4.52. The van der Waals surface area contributed by atoms with Gasteiger partial charge in [-0.3, -0.25) is 9.59 Å². The molecule has 2 unspecified atom stereocenters. The van der Waals surface area contributed by atoms with Crippen molar-refractivity contribution >= 4 is 33.4 Å². The van der Waals surface area contributed by atoms with Gasteiger partial charge < -0.3 is 10.2 Å². The summed E-state index contributed by atoms with van der Waals surface area (Å²) in [6.45, 7) is 2.57. The summed E-state index contributed by atoms with van der Waals surface area (Å²) in [5.41, 5.74) is 2.09. The summed E-state index contributed by atoms with van der Waals surface area (Å²) in [6, 6.07) is 17.9. The van der Waals surface area contributed by atoms with Gasteiger partial charge in [-0.1, -0.05) is 52.3 Å². The fourth-order valence-corrected chi connectivity index (χ4v) is 3.65. The van der Waals surface area contributed by atoms with E-state index in [1.807, 2.05) is 49.4 Å². The zero-order valence-corrected chi connectivity index (χ0v) is 16.4. The Hall–Kier alpha value is -2.14. The van der Waals surface area contributed by atoms with Crippen LogP contribution in [0.3, 0.4) is 0 Å². The Balaban J connectivity index is 1.54. The molecule has 0 aromatic heterocycles. The lowest BCUT2D eigenvalue weighted by Gasteiger charge is -2.19. The molecule has 2 aromatic rings. The highest BCUT2D eigenvalue weighted by Crippen LogP contribution is 2.27. The predicted octanol–water partition coefficient (Wildman–Crippen LogP) is 3.94. The molecule has 2 amide bonds. The minimum Gasteiger partial charge on any atom is -0.353 e. The number of rotatable bonds is 6. The molecule has 0 saturated carbocycles. The highest BCUT2D eigenvalue weighted by Gasteiger charge is 2.37. The van der Waals surface area contributed by atoms with Gasteiger partial charge in [0.25, 0.3) is 0 Å². The highest BCUT2D eigenvalue weighted by molar-refractivity contribution is 9.10. The van der Waals surface area contributed by atoms with Crippen LogP contribution in [0, 0.1) is 5.92 Å². The summed E-state index contributed by atoms with van der Waals surface area (Å²) in [5.74, 6) is -0.864. The zero-order valence-electron chi connectivity index (χ0n) is 14.8. The van der Waals surface area contributed by atoms with Crippen molar-refractivity contribution in [2.24, 2.45) is 5.92 Å². The van der Waals surface area contributed by atoms with Crippen LogP contribution in [0.5, 0.6) is 0 Å². The SMILES string of the molecule is CC(CCc1ccccc1)NC(=O)C1CCN(c2cccc(Br)c2)C1=O. The van der Waals surface area contributed by atoms with Crippen molar-refractivity contribution in [3.63, 3.8) is 0 Å². The topological polar surface area (TPSA) is 49.4 Å². The monoisotopic (exact) mass is 414 g/mol. The first-order valence-electron chi connectivity index (χ1n) is 8.96. The lowest BCUT2D eigenvalue weighted by Crippen LogP contribution is -2.41. The number of nitrogens with zero attached hydrogens (tertiary/aromatic N) is 1. The lowest BCUT2D eigenvalue weighted by molar-refractivity contribution is -0.132. The van der Waals surface area contributed by atoms with Gasteiger partial charge >= 0.3 is 0 Å². The third-order valence-electron chi connectivity index (χ3n) is 4.74. The normalized spacial score (nSPS) is 18.0. The number of amides is 2. The van der Waals surface area contributed by atoms with Crippen LogP contribution in [0.4, 0.5) is 5.69 Å². The summed E-state index contributed by atoms with van der Waals surface area (Å²) in [6.07, 6.45) is 2.32. The van der Waals surface area contributed by atoms with E-state index >= 15 is 0 Å². The number of anilines is 1. The molecule has 0 spiro atoms. The second-order valence-electron chi connectivity index (χ2n) is 6.74.